The topological polar surface area (TPSA) is 70.0 Å². The maximum atomic E-state index is 12.5. The maximum Gasteiger partial charge on any atom is 0.416 e. The van der Waals surface area contributed by atoms with Crippen molar-refractivity contribution in [3.8, 4) is 6.07 Å². The largest absolute Gasteiger partial charge is 0.416 e. The zero-order valence-electron chi connectivity index (χ0n) is 10.1. The molecule has 0 radical (unpaired) electrons. The van der Waals surface area contributed by atoms with Crippen molar-refractivity contribution in [2.24, 2.45) is 0 Å². The van der Waals surface area contributed by atoms with E-state index in [1.165, 1.54) is 13.0 Å². The van der Waals surface area contributed by atoms with E-state index in [9.17, 15) is 21.6 Å². The lowest BCUT2D eigenvalue weighted by Gasteiger charge is -2.14. The Morgan fingerprint density at radius 1 is 1.37 bits per heavy atom. The highest BCUT2D eigenvalue weighted by Gasteiger charge is 2.31. The lowest BCUT2D eigenvalue weighted by Crippen LogP contribution is -2.24. The number of benzene rings is 1. The van der Waals surface area contributed by atoms with Crippen molar-refractivity contribution < 1.29 is 21.6 Å². The molecule has 0 heterocycles. The Hall–Kier alpha value is -1.75. The first kappa shape index (κ1) is 15.3. The zero-order valence-corrected chi connectivity index (χ0v) is 10.9. The first-order chi connectivity index (χ1) is 8.58. The molecule has 1 aromatic carbocycles. The van der Waals surface area contributed by atoms with Gasteiger partial charge in [-0.3, -0.25) is 4.72 Å². The van der Waals surface area contributed by atoms with Gasteiger partial charge in [0.15, 0.2) is 5.25 Å². The Bertz CT molecular complexity index is 618. The summed E-state index contributed by atoms with van der Waals surface area (Å²) in [6, 6.07) is 4.25. The van der Waals surface area contributed by atoms with E-state index >= 15 is 0 Å². The molecule has 0 aliphatic carbocycles. The van der Waals surface area contributed by atoms with Crippen LogP contribution in [0.1, 0.15) is 18.1 Å². The number of aryl methyl sites for hydroxylation is 1. The fourth-order valence-corrected chi connectivity index (χ4v) is 2.06. The van der Waals surface area contributed by atoms with Gasteiger partial charge in [0.05, 0.1) is 17.3 Å². The number of nitriles is 1. The number of anilines is 1. The van der Waals surface area contributed by atoms with Crippen LogP contribution in [-0.2, 0) is 16.2 Å². The summed E-state index contributed by atoms with van der Waals surface area (Å²) in [6.45, 7) is 2.61. The lowest BCUT2D eigenvalue weighted by atomic mass is 10.1. The molecule has 0 saturated heterocycles. The van der Waals surface area contributed by atoms with E-state index in [0.29, 0.717) is 11.6 Å². The average molecular weight is 292 g/mol. The third-order valence-corrected chi connectivity index (χ3v) is 4.01. The van der Waals surface area contributed by atoms with Gasteiger partial charge in [-0.25, -0.2) is 8.42 Å². The second kappa shape index (κ2) is 5.09. The molecule has 4 nitrogen and oxygen atoms in total. The Balaban J connectivity index is 3.20. The quantitative estimate of drug-likeness (QED) is 0.931. The molecule has 104 valence electrons. The molecular weight excluding hydrogens is 281 g/mol. The van der Waals surface area contributed by atoms with Crippen LogP contribution < -0.4 is 4.72 Å². The van der Waals surface area contributed by atoms with Crippen LogP contribution in [0.4, 0.5) is 18.9 Å². The van der Waals surface area contributed by atoms with Crippen molar-refractivity contribution in [1.29, 1.82) is 5.26 Å². The van der Waals surface area contributed by atoms with Crippen LogP contribution in [0.3, 0.4) is 0 Å². The lowest BCUT2D eigenvalue weighted by molar-refractivity contribution is -0.137. The number of halogens is 3. The highest BCUT2D eigenvalue weighted by Crippen LogP contribution is 2.32. The normalized spacial score (nSPS) is 13.7. The fourth-order valence-electron chi connectivity index (χ4n) is 1.22. The molecule has 0 aliphatic heterocycles. The van der Waals surface area contributed by atoms with E-state index < -0.39 is 27.0 Å². The second-order valence-electron chi connectivity index (χ2n) is 3.95. The Morgan fingerprint density at radius 3 is 2.42 bits per heavy atom. The van der Waals surface area contributed by atoms with Gasteiger partial charge in [-0.1, -0.05) is 6.07 Å². The Morgan fingerprint density at radius 2 is 1.95 bits per heavy atom. The molecule has 0 spiro atoms. The summed E-state index contributed by atoms with van der Waals surface area (Å²) in [7, 11) is -4.03. The summed E-state index contributed by atoms with van der Waals surface area (Å²) < 4.78 is 62.8. The number of sulfonamides is 1. The molecule has 0 bridgehead atoms. The summed E-state index contributed by atoms with van der Waals surface area (Å²) in [4.78, 5) is 0. The number of hydrogen-bond donors (Lipinski definition) is 1. The molecule has 0 amide bonds. The van der Waals surface area contributed by atoms with Crippen molar-refractivity contribution in [1.82, 2.24) is 0 Å². The second-order valence-corrected chi connectivity index (χ2v) is 5.95. The van der Waals surface area contributed by atoms with Crippen LogP contribution in [-0.4, -0.2) is 13.7 Å². The van der Waals surface area contributed by atoms with Gasteiger partial charge in [0.25, 0.3) is 0 Å². The summed E-state index contributed by atoms with van der Waals surface area (Å²) >= 11 is 0. The van der Waals surface area contributed by atoms with Crippen LogP contribution in [0.15, 0.2) is 18.2 Å². The van der Waals surface area contributed by atoms with Gasteiger partial charge in [-0.15, -0.1) is 0 Å². The van der Waals surface area contributed by atoms with Crippen LogP contribution in [0.2, 0.25) is 0 Å². The van der Waals surface area contributed by atoms with Gasteiger partial charge < -0.3 is 0 Å². The Labute approximate surface area is 108 Å². The Kier molecular flexibility index (Phi) is 4.10. The SMILES string of the molecule is Cc1ccc(C(F)(F)F)cc1NS(=O)(=O)C(C)C#N. The summed E-state index contributed by atoms with van der Waals surface area (Å²) in [5, 5.41) is 7.19. The molecule has 1 N–H and O–H groups in total. The molecule has 8 heteroatoms. The molecule has 0 saturated carbocycles. The van der Waals surface area contributed by atoms with Gasteiger partial charge in [-0.2, -0.15) is 18.4 Å². The third kappa shape index (κ3) is 3.61. The van der Waals surface area contributed by atoms with E-state index in [1.54, 1.807) is 0 Å². The first-order valence-electron chi connectivity index (χ1n) is 5.17. The molecular formula is C11H11F3N2O2S. The molecule has 19 heavy (non-hydrogen) atoms. The van der Waals surface area contributed by atoms with Crippen LogP contribution >= 0.6 is 0 Å². The molecule has 1 rings (SSSR count). The zero-order chi connectivity index (χ0) is 14.8. The smallest absolute Gasteiger partial charge is 0.282 e. The van der Waals surface area contributed by atoms with E-state index in [0.717, 1.165) is 19.1 Å². The molecule has 1 unspecified atom stereocenters. The molecule has 1 aromatic rings. The number of nitrogens with one attached hydrogen (secondary N) is 1. The van der Waals surface area contributed by atoms with Crippen LogP contribution in [0.5, 0.6) is 0 Å². The van der Waals surface area contributed by atoms with Crippen molar-refractivity contribution in [2.45, 2.75) is 25.3 Å². The predicted octanol–water partition coefficient (Wildman–Crippen LogP) is 2.67. The minimum atomic E-state index is -4.56. The van der Waals surface area contributed by atoms with Crippen LogP contribution in [0, 0.1) is 18.3 Å². The van der Waals surface area contributed by atoms with Gasteiger partial charge >= 0.3 is 6.18 Å². The molecule has 0 aromatic heterocycles. The highest BCUT2D eigenvalue weighted by atomic mass is 32.2. The predicted molar refractivity (Wildman–Crippen MR) is 63.8 cm³/mol. The van der Waals surface area contributed by atoms with Gasteiger partial charge in [0, 0.05) is 0 Å². The summed E-state index contributed by atoms with van der Waals surface area (Å²) in [5.41, 5.74) is -0.806. The fraction of sp³-hybridized carbons (Fsp3) is 0.364. The number of hydrogen-bond acceptors (Lipinski definition) is 3. The summed E-state index contributed by atoms with van der Waals surface area (Å²) in [6.07, 6.45) is -4.56. The number of nitrogens with zero attached hydrogens (tertiary/aromatic N) is 1. The van der Waals surface area contributed by atoms with Crippen LogP contribution in [0.25, 0.3) is 0 Å². The molecule has 0 fully saturated rings. The van der Waals surface area contributed by atoms with Crippen molar-refractivity contribution in [2.75, 3.05) is 4.72 Å². The summed E-state index contributed by atoms with van der Waals surface area (Å²) in [5.74, 6) is 0. The van der Waals surface area contributed by atoms with Crippen molar-refractivity contribution >= 4 is 15.7 Å². The van der Waals surface area contributed by atoms with E-state index in [-0.39, 0.29) is 5.69 Å². The first-order valence-corrected chi connectivity index (χ1v) is 6.71. The maximum absolute atomic E-state index is 12.5. The monoisotopic (exact) mass is 292 g/mol. The van der Waals surface area contributed by atoms with E-state index in [2.05, 4.69) is 0 Å². The number of alkyl halides is 3. The van der Waals surface area contributed by atoms with Gasteiger partial charge in [0.1, 0.15) is 0 Å². The molecule has 1 atom stereocenters. The highest BCUT2D eigenvalue weighted by molar-refractivity contribution is 7.93. The molecule has 0 aliphatic rings. The number of rotatable bonds is 3. The van der Waals surface area contributed by atoms with Gasteiger partial charge in [-0.05, 0) is 31.5 Å². The third-order valence-electron chi connectivity index (χ3n) is 2.46. The minimum Gasteiger partial charge on any atom is -0.282 e. The van der Waals surface area contributed by atoms with Gasteiger partial charge in [0.2, 0.25) is 10.0 Å². The minimum absolute atomic E-state index is 0.183. The van der Waals surface area contributed by atoms with Crippen molar-refractivity contribution in [3.63, 3.8) is 0 Å². The average Bonchev–Trinajstić information content (AvgIpc) is 2.29. The van der Waals surface area contributed by atoms with Crippen molar-refractivity contribution in [3.05, 3.63) is 29.3 Å². The standard InChI is InChI=1S/C11H11F3N2O2S/c1-7-3-4-9(11(12,13)14)5-10(7)16-19(17,18)8(2)6-15/h3-5,8,16H,1-2H3. The van der Waals surface area contributed by atoms with E-state index in [4.69, 9.17) is 5.26 Å². The van der Waals surface area contributed by atoms with E-state index in [1.807, 2.05) is 4.72 Å².